The van der Waals surface area contributed by atoms with Crippen LogP contribution >= 0.6 is 0 Å². The molecule has 0 aromatic heterocycles. The molecule has 0 bridgehead atoms. The molecule has 0 aromatic rings. The highest BCUT2D eigenvalue weighted by atomic mass is 16.2. The van der Waals surface area contributed by atoms with E-state index in [4.69, 9.17) is 0 Å². The van der Waals surface area contributed by atoms with Gasteiger partial charge in [0.05, 0.1) is 0 Å². The number of carbonyl (C=O) groups is 1. The number of carbonyl (C=O) groups excluding carboxylic acids is 1. The summed E-state index contributed by atoms with van der Waals surface area (Å²) in [7, 11) is 6.19. The molecule has 110 valence electrons. The molecule has 2 rings (SSSR count). The van der Waals surface area contributed by atoms with Gasteiger partial charge in [-0.3, -0.25) is 4.79 Å². The third-order valence-electron chi connectivity index (χ3n) is 4.98. The molecule has 4 heteroatoms. The molecule has 1 atom stereocenters. The Morgan fingerprint density at radius 1 is 1.21 bits per heavy atom. The Morgan fingerprint density at radius 3 is 2.47 bits per heavy atom. The number of likely N-dealkylation sites (N-methyl/N-ethyl adjacent to an activating group) is 2. The van der Waals surface area contributed by atoms with Gasteiger partial charge in [-0.15, -0.1) is 0 Å². The summed E-state index contributed by atoms with van der Waals surface area (Å²) >= 11 is 0. The van der Waals surface area contributed by atoms with Crippen molar-refractivity contribution in [1.29, 1.82) is 0 Å². The molecule has 1 aliphatic carbocycles. The van der Waals surface area contributed by atoms with Gasteiger partial charge < -0.3 is 15.1 Å². The van der Waals surface area contributed by atoms with Crippen molar-refractivity contribution in [3.05, 3.63) is 0 Å². The minimum Gasteiger partial charge on any atom is -0.341 e. The Morgan fingerprint density at radius 2 is 1.89 bits per heavy atom. The first kappa shape index (κ1) is 14.8. The summed E-state index contributed by atoms with van der Waals surface area (Å²) in [6.07, 6.45) is 6.77. The zero-order valence-corrected chi connectivity index (χ0v) is 12.7. The van der Waals surface area contributed by atoms with Gasteiger partial charge in [-0.2, -0.15) is 0 Å². The van der Waals surface area contributed by atoms with E-state index in [2.05, 4.69) is 17.3 Å². The topological polar surface area (TPSA) is 35.6 Å². The van der Waals surface area contributed by atoms with E-state index in [1.807, 2.05) is 19.0 Å². The number of hydrogen-bond donors (Lipinski definition) is 1. The molecule has 1 heterocycles. The van der Waals surface area contributed by atoms with E-state index < -0.39 is 0 Å². The first-order chi connectivity index (χ1) is 9.11. The van der Waals surface area contributed by atoms with Crippen molar-refractivity contribution in [3.8, 4) is 0 Å². The second-order valence-electron chi connectivity index (χ2n) is 6.34. The number of nitrogens with one attached hydrogen (secondary N) is 1. The quantitative estimate of drug-likeness (QED) is 0.837. The van der Waals surface area contributed by atoms with E-state index in [1.54, 1.807) is 0 Å². The van der Waals surface area contributed by atoms with Gasteiger partial charge in [-0.25, -0.2) is 0 Å². The van der Waals surface area contributed by atoms with E-state index >= 15 is 0 Å². The van der Waals surface area contributed by atoms with Crippen molar-refractivity contribution in [3.63, 3.8) is 0 Å². The van der Waals surface area contributed by atoms with Crippen LogP contribution < -0.4 is 5.32 Å². The lowest BCUT2D eigenvalue weighted by molar-refractivity contribution is -0.138. The molecular weight excluding hydrogens is 238 g/mol. The molecule has 0 spiro atoms. The van der Waals surface area contributed by atoms with Crippen LogP contribution in [0.15, 0.2) is 0 Å². The molecule has 1 saturated heterocycles. The average Bonchev–Trinajstić information content (AvgIpc) is 2.46. The van der Waals surface area contributed by atoms with Gasteiger partial charge in [0.15, 0.2) is 0 Å². The predicted molar refractivity (Wildman–Crippen MR) is 78.1 cm³/mol. The SMILES string of the molecule is CNC1CCC(C(=O)N(C)C2CCCN(C)C2)CC1. The molecule has 1 amide bonds. The summed E-state index contributed by atoms with van der Waals surface area (Å²) in [5.41, 5.74) is 0. The highest BCUT2D eigenvalue weighted by Crippen LogP contribution is 2.27. The maximum atomic E-state index is 12.6. The van der Waals surface area contributed by atoms with Crippen LogP contribution in [0.3, 0.4) is 0 Å². The van der Waals surface area contributed by atoms with Gasteiger partial charge in [-0.1, -0.05) is 0 Å². The van der Waals surface area contributed by atoms with Gasteiger partial charge in [0, 0.05) is 31.6 Å². The highest BCUT2D eigenvalue weighted by molar-refractivity contribution is 5.79. The lowest BCUT2D eigenvalue weighted by atomic mass is 9.85. The number of amides is 1. The summed E-state index contributed by atoms with van der Waals surface area (Å²) in [5.74, 6) is 0.650. The summed E-state index contributed by atoms with van der Waals surface area (Å²) in [6, 6.07) is 1.04. The second kappa shape index (κ2) is 6.71. The van der Waals surface area contributed by atoms with Gasteiger partial charge in [0.2, 0.25) is 5.91 Å². The molecule has 1 aliphatic heterocycles. The standard InChI is InChI=1S/C15H29N3O/c1-16-13-8-6-12(7-9-13)15(19)18(3)14-5-4-10-17(2)11-14/h12-14,16H,4-11H2,1-3H3. The molecule has 0 aromatic carbocycles. The number of piperidine rings is 1. The summed E-state index contributed by atoms with van der Waals surface area (Å²) in [5, 5.41) is 3.33. The Bertz CT molecular complexity index is 300. The van der Waals surface area contributed by atoms with E-state index in [0.717, 1.165) is 32.2 Å². The highest BCUT2D eigenvalue weighted by Gasteiger charge is 2.31. The first-order valence-corrected chi connectivity index (χ1v) is 7.74. The number of nitrogens with zero attached hydrogens (tertiary/aromatic N) is 2. The first-order valence-electron chi connectivity index (χ1n) is 7.74. The molecule has 1 saturated carbocycles. The summed E-state index contributed by atoms with van der Waals surface area (Å²) < 4.78 is 0. The lowest BCUT2D eigenvalue weighted by Crippen LogP contribution is -2.49. The van der Waals surface area contributed by atoms with Crippen LogP contribution in [0.4, 0.5) is 0 Å². The Labute approximate surface area is 117 Å². The largest absolute Gasteiger partial charge is 0.341 e. The smallest absolute Gasteiger partial charge is 0.225 e. The van der Waals surface area contributed by atoms with Crippen LogP contribution in [-0.4, -0.2) is 62.0 Å². The van der Waals surface area contributed by atoms with Crippen LogP contribution in [0.2, 0.25) is 0 Å². The number of rotatable bonds is 3. The summed E-state index contributed by atoms with van der Waals surface area (Å²) in [4.78, 5) is 17.0. The van der Waals surface area contributed by atoms with E-state index in [9.17, 15) is 4.79 Å². The number of hydrogen-bond acceptors (Lipinski definition) is 3. The van der Waals surface area contributed by atoms with Crippen molar-refractivity contribution in [2.24, 2.45) is 5.92 Å². The molecule has 2 fully saturated rings. The average molecular weight is 267 g/mol. The van der Waals surface area contributed by atoms with Crippen molar-refractivity contribution in [2.75, 3.05) is 34.2 Å². The van der Waals surface area contributed by atoms with Crippen LogP contribution in [-0.2, 0) is 4.79 Å². The third-order valence-corrected chi connectivity index (χ3v) is 4.98. The fourth-order valence-corrected chi connectivity index (χ4v) is 3.55. The molecule has 2 aliphatic rings. The minimum absolute atomic E-state index is 0.266. The Kier molecular flexibility index (Phi) is 5.22. The molecule has 19 heavy (non-hydrogen) atoms. The fraction of sp³-hybridized carbons (Fsp3) is 0.933. The summed E-state index contributed by atoms with van der Waals surface area (Å²) in [6.45, 7) is 2.21. The van der Waals surface area contributed by atoms with Crippen LogP contribution in [0.25, 0.3) is 0 Å². The maximum Gasteiger partial charge on any atom is 0.225 e. The second-order valence-corrected chi connectivity index (χ2v) is 6.34. The van der Waals surface area contributed by atoms with E-state index in [-0.39, 0.29) is 5.92 Å². The van der Waals surface area contributed by atoms with E-state index in [1.165, 1.54) is 19.4 Å². The van der Waals surface area contributed by atoms with Gasteiger partial charge >= 0.3 is 0 Å². The number of likely N-dealkylation sites (tertiary alicyclic amines) is 1. The van der Waals surface area contributed by atoms with Crippen molar-refractivity contribution < 1.29 is 4.79 Å². The van der Waals surface area contributed by atoms with Crippen LogP contribution in [0, 0.1) is 5.92 Å². The molecular formula is C15H29N3O. The molecule has 4 nitrogen and oxygen atoms in total. The fourth-order valence-electron chi connectivity index (χ4n) is 3.55. The zero-order chi connectivity index (χ0) is 13.8. The van der Waals surface area contributed by atoms with Gasteiger partial charge in [-0.05, 0) is 59.2 Å². The lowest BCUT2D eigenvalue weighted by Gasteiger charge is -2.38. The normalized spacial score (nSPS) is 33.1. The third kappa shape index (κ3) is 3.69. The monoisotopic (exact) mass is 267 g/mol. The van der Waals surface area contributed by atoms with Crippen molar-refractivity contribution >= 4 is 5.91 Å². The van der Waals surface area contributed by atoms with Gasteiger partial charge in [0.1, 0.15) is 0 Å². The Balaban J connectivity index is 1.85. The maximum absolute atomic E-state index is 12.6. The molecule has 0 radical (unpaired) electrons. The van der Waals surface area contributed by atoms with Crippen molar-refractivity contribution in [2.45, 2.75) is 50.6 Å². The predicted octanol–water partition coefficient (Wildman–Crippen LogP) is 1.32. The van der Waals surface area contributed by atoms with Crippen LogP contribution in [0.1, 0.15) is 38.5 Å². The molecule has 1 N–H and O–H groups in total. The molecule has 1 unspecified atom stereocenters. The van der Waals surface area contributed by atoms with Crippen LogP contribution in [0.5, 0.6) is 0 Å². The van der Waals surface area contributed by atoms with Gasteiger partial charge in [0.25, 0.3) is 0 Å². The van der Waals surface area contributed by atoms with Crippen molar-refractivity contribution in [1.82, 2.24) is 15.1 Å². The minimum atomic E-state index is 0.266. The zero-order valence-electron chi connectivity index (χ0n) is 12.7. The Hall–Kier alpha value is -0.610. The van der Waals surface area contributed by atoms with E-state index in [0.29, 0.717) is 18.0 Å².